The number of hydrogen-bond donors (Lipinski definition) is 2. The van der Waals surface area contributed by atoms with E-state index in [4.69, 9.17) is 10.5 Å². The van der Waals surface area contributed by atoms with E-state index in [0.29, 0.717) is 39.6 Å². The van der Waals surface area contributed by atoms with Crippen LogP contribution in [0.3, 0.4) is 0 Å². The van der Waals surface area contributed by atoms with Crippen molar-refractivity contribution >= 4 is 0 Å². The number of rotatable bonds is 6. The van der Waals surface area contributed by atoms with Crippen LogP contribution in [0.15, 0.2) is 60.9 Å². The van der Waals surface area contributed by atoms with Crippen molar-refractivity contribution in [1.29, 1.82) is 5.26 Å². The number of nitrogens with zero attached hydrogens (tertiary/aromatic N) is 5. The van der Waals surface area contributed by atoms with Gasteiger partial charge in [0.15, 0.2) is 5.75 Å². The molecule has 0 aliphatic heterocycles. The molecule has 2 aromatic carbocycles. The van der Waals surface area contributed by atoms with Crippen molar-refractivity contribution in [1.82, 2.24) is 19.7 Å². The molecule has 3 N–H and O–H groups in total. The summed E-state index contributed by atoms with van der Waals surface area (Å²) in [7, 11) is 0. The zero-order valence-corrected chi connectivity index (χ0v) is 17.1. The molecule has 8 nitrogen and oxygen atoms in total. The molecule has 0 bridgehead atoms. The van der Waals surface area contributed by atoms with E-state index in [1.807, 2.05) is 0 Å². The van der Waals surface area contributed by atoms with Gasteiger partial charge in [-0.15, -0.1) is 0 Å². The molecule has 0 radical (unpaired) electrons. The van der Waals surface area contributed by atoms with Crippen molar-refractivity contribution < 1.29 is 14.2 Å². The molecule has 32 heavy (non-hydrogen) atoms. The van der Waals surface area contributed by atoms with E-state index in [9.17, 15) is 14.8 Å². The molecule has 1 atom stereocenters. The van der Waals surface area contributed by atoms with Crippen molar-refractivity contribution in [3.63, 3.8) is 0 Å². The normalized spacial score (nSPS) is 11.7. The molecule has 0 fully saturated rings. The molecule has 0 saturated heterocycles. The Morgan fingerprint density at radius 1 is 1.22 bits per heavy atom. The quantitative estimate of drug-likeness (QED) is 0.480. The molecule has 2 aromatic heterocycles. The first-order valence-corrected chi connectivity index (χ1v) is 9.73. The highest BCUT2D eigenvalue weighted by molar-refractivity contribution is 5.60. The molecule has 4 aromatic rings. The SMILES string of the molecule is Cc1nc(Oc2cc(C#N)ccc2-n2cc(C(O)CN)cn2)cc(-c2cccc(F)c2)n1. The topological polar surface area (TPSA) is 123 Å². The van der Waals surface area contributed by atoms with Crippen LogP contribution in [0.1, 0.15) is 23.1 Å². The number of benzene rings is 2. The van der Waals surface area contributed by atoms with E-state index in [1.54, 1.807) is 49.5 Å². The standard InChI is InChI=1S/C23H19FN6O2/c1-14-28-19(16-3-2-4-18(24)8-16)9-23(29-14)32-22-7-15(10-25)5-6-20(22)30-13-17(12-27-30)21(31)11-26/h2-9,12-13,21,31H,11,26H2,1H3. The predicted octanol–water partition coefficient (Wildman–Crippen LogP) is 3.43. The van der Waals surface area contributed by atoms with Gasteiger partial charge in [-0.1, -0.05) is 12.1 Å². The Balaban J connectivity index is 1.74. The van der Waals surface area contributed by atoms with E-state index in [2.05, 4.69) is 21.1 Å². The average molecular weight is 430 g/mol. The first-order valence-electron chi connectivity index (χ1n) is 9.73. The van der Waals surface area contributed by atoms with Gasteiger partial charge in [0.1, 0.15) is 17.3 Å². The number of aromatic nitrogens is 4. The van der Waals surface area contributed by atoms with Gasteiger partial charge in [0, 0.05) is 36.0 Å². The Morgan fingerprint density at radius 2 is 2.06 bits per heavy atom. The summed E-state index contributed by atoms with van der Waals surface area (Å²) >= 11 is 0. The maximum atomic E-state index is 13.7. The molecule has 0 saturated carbocycles. The molecule has 0 aliphatic carbocycles. The van der Waals surface area contributed by atoms with Crippen molar-refractivity contribution in [2.45, 2.75) is 13.0 Å². The summed E-state index contributed by atoms with van der Waals surface area (Å²) in [6, 6.07) is 14.6. The van der Waals surface area contributed by atoms with Gasteiger partial charge in [0.05, 0.1) is 29.6 Å². The molecule has 0 amide bonds. The highest BCUT2D eigenvalue weighted by Gasteiger charge is 2.15. The lowest BCUT2D eigenvalue weighted by molar-refractivity contribution is 0.186. The fourth-order valence-electron chi connectivity index (χ4n) is 3.13. The number of nitriles is 1. The molecule has 9 heteroatoms. The predicted molar refractivity (Wildman–Crippen MR) is 115 cm³/mol. The second-order valence-electron chi connectivity index (χ2n) is 7.02. The number of ether oxygens (including phenoxy) is 1. The number of aliphatic hydroxyl groups is 1. The largest absolute Gasteiger partial charge is 0.437 e. The maximum absolute atomic E-state index is 13.7. The van der Waals surface area contributed by atoms with E-state index < -0.39 is 6.10 Å². The Morgan fingerprint density at radius 3 is 2.81 bits per heavy atom. The number of nitrogens with two attached hydrogens (primary N) is 1. The summed E-state index contributed by atoms with van der Waals surface area (Å²) in [5.74, 6) is 0.610. The van der Waals surface area contributed by atoms with Gasteiger partial charge in [0.2, 0.25) is 5.88 Å². The molecule has 2 heterocycles. The fraction of sp³-hybridized carbons (Fsp3) is 0.130. The number of aryl methyl sites for hydroxylation is 1. The van der Waals surface area contributed by atoms with Crippen LogP contribution >= 0.6 is 0 Å². The van der Waals surface area contributed by atoms with Crippen LogP contribution in [0.4, 0.5) is 4.39 Å². The Kier molecular flexibility index (Phi) is 5.89. The second kappa shape index (κ2) is 8.93. The highest BCUT2D eigenvalue weighted by atomic mass is 19.1. The van der Waals surface area contributed by atoms with Gasteiger partial charge in [-0.05, 0) is 31.2 Å². The van der Waals surface area contributed by atoms with Gasteiger partial charge in [-0.3, -0.25) is 0 Å². The maximum Gasteiger partial charge on any atom is 0.223 e. The van der Waals surface area contributed by atoms with Crippen LogP contribution in [0.5, 0.6) is 11.6 Å². The lowest BCUT2D eigenvalue weighted by atomic mass is 10.1. The van der Waals surface area contributed by atoms with Crippen LogP contribution in [0.25, 0.3) is 16.9 Å². The number of aliphatic hydroxyl groups excluding tert-OH is 1. The smallest absolute Gasteiger partial charge is 0.223 e. The third kappa shape index (κ3) is 4.46. The molecular formula is C23H19FN6O2. The monoisotopic (exact) mass is 430 g/mol. The average Bonchev–Trinajstić information content (AvgIpc) is 3.28. The summed E-state index contributed by atoms with van der Waals surface area (Å²) in [5.41, 5.74) is 8.07. The minimum Gasteiger partial charge on any atom is -0.437 e. The third-order valence-corrected chi connectivity index (χ3v) is 4.70. The minimum absolute atomic E-state index is 0.0610. The molecular weight excluding hydrogens is 411 g/mol. The van der Waals surface area contributed by atoms with Crippen LogP contribution in [-0.4, -0.2) is 31.4 Å². The molecule has 0 spiro atoms. The zero-order valence-electron chi connectivity index (χ0n) is 17.1. The van der Waals surface area contributed by atoms with Gasteiger partial charge in [-0.2, -0.15) is 15.3 Å². The van der Waals surface area contributed by atoms with E-state index in [-0.39, 0.29) is 18.2 Å². The summed E-state index contributed by atoms with van der Waals surface area (Å²) in [5, 5.41) is 23.6. The highest BCUT2D eigenvalue weighted by Crippen LogP contribution is 2.31. The first-order chi connectivity index (χ1) is 15.5. The zero-order chi connectivity index (χ0) is 22.7. The molecule has 0 aliphatic rings. The summed E-state index contributed by atoms with van der Waals surface area (Å²) in [4.78, 5) is 8.68. The molecule has 4 rings (SSSR count). The van der Waals surface area contributed by atoms with Crippen molar-refractivity contribution in [2.75, 3.05) is 6.54 Å². The Labute approximate surface area is 183 Å². The van der Waals surface area contributed by atoms with E-state index in [0.717, 1.165) is 0 Å². The lowest BCUT2D eigenvalue weighted by Crippen LogP contribution is -2.10. The Bertz CT molecular complexity index is 1310. The van der Waals surface area contributed by atoms with Crippen LogP contribution in [0.2, 0.25) is 0 Å². The van der Waals surface area contributed by atoms with Gasteiger partial charge in [0.25, 0.3) is 0 Å². The van der Waals surface area contributed by atoms with Crippen molar-refractivity contribution in [3.05, 3.63) is 83.7 Å². The van der Waals surface area contributed by atoms with Gasteiger partial charge < -0.3 is 15.6 Å². The van der Waals surface area contributed by atoms with E-state index >= 15 is 0 Å². The summed E-state index contributed by atoms with van der Waals surface area (Å²) < 4.78 is 21.2. The van der Waals surface area contributed by atoms with Crippen LogP contribution < -0.4 is 10.5 Å². The first kappa shape index (κ1) is 21.1. The van der Waals surface area contributed by atoms with Crippen LogP contribution in [-0.2, 0) is 0 Å². The summed E-state index contributed by atoms with van der Waals surface area (Å²) in [6.07, 6.45) is 2.30. The molecule has 160 valence electrons. The van der Waals surface area contributed by atoms with Gasteiger partial charge in [-0.25, -0.2) is 14.1 Å². The van der Waals surface area contributed by atoms with Crippen molar-refractivity contribution in [2.24, 2.45) is 5.73 Å². The number of hydrogen-bond acceptors (Lipinski definition) is 7. The molecule has 1 unspecified atom stereocenters. The fourth-order valence-corrected chi connectivity index (χ4v) is 3.13. The van der Waals surface area contributed by atoms with Gasteiger partial charge >= 0.3 is 0 Å². The van der Waals surface area contributed by atoms with Crippen LogP contribution in [0, 0.1) is 24.1 Å². The minimum atomic E-state index is -0.843. The third-order valence-electron chi connectivity index (χ3n) is 4.70. The second-order valence-corrected chi connectivity index (χ2v) is 7.02. The van der Waals surface area contributed by atoms with E-state index in [1.165, 1.54) is 23.0 Å². The van der Waals surface area contributed by atoms with Crippen molar-refractivity contribution in [3.8, 4) is 34.6 Å². The lowest BCUT2D eigenvalue weighted by Gasteiger charge is -2.12. The Hall–Kier alpha value is -4.13. The summed E-state index contributed by atoms with van der Waals surface area (Å²) in [6.45, 7) is 1.77. The number of halogens is 1.